The number of hydrogen-bond acceptors (Lipinski definition) is 4. The minimum atomic E-state index is -0.137. The molecule has 0 aliphatic carbocycles. The number of amides is 1. The first kappa shape index (κ1) is 19.7. The highest BCUT2D eigenvalue weighted by atomic mass is 79.9. The second kappa shape index (κ2) is 8.84. The molecule has 1 heterocycles. The number of carbonyl (C=O) groups excluding carboxylic acids is 1. The monoisotopic (exact) mass is 454 g/mol. The predicted octanol–water partition coefficient (Wildman–Crippen LogP) is 4.17. The number of hydrogen-bond donors (Lipinski definition) is 2. The Morgan fingerprint density at radius 2 is 2.00 bits per heavy atom. The van der Waals surface area contributed by atoms with Gasteiger partial charge in [-0.25, -0.2) is 0 Å². The lowest BCUT2D eigenvalue weighted by molar-refractivity contribution is -0.120. The summed E-state index contributed by atoms with van der Waals surface area (Å²) < 4.78 is 12.5. The van der Waals surface area contributed by atoms with Crippen LogP contribution in [0.4, 0.5) is 0 Å². The Kier molecular flexibility index (Phi) is 6.02. The predicted molar refractivity (Wildman–Crippen MR) is 117 cm³/mol. The van der Waals surface area contributed by atoms with Crippen LogP contribution in [0.1, 0.15) is 17.5 Å². The SMILES string of the molecule is COc1cc(CNC2CCNC2=O)cc(Br)c1OCc1cccc2ccccc12. The number of halogens is 1. The minimum Gasteiger partial charge on any atom is -0.493 e. The van der Waals surface area contributed by atoms with Crippen molar-refractivity contribution < 1.29 is 14.3 Å². The van der Waals surface area contributed by atoms with Crippen molar-refractivity contribution in [1.82, 2.24) is 10.6 Å². The van der Waals surface area contributed by atoms with Crippen molar-refractivity contribution in [3.8, 4) is 11.5 Å². The van der Waals surface area contributed by atoms with Crippen LogP contribution in [0.25, 0.3) is 10.8 Å². The second-order valence-corrected chi connectivity index (χ2v) is 7.90. The highest BCUT2D eigenvalue weighted by Crippen LogP contribution is 2.37. The molecule has 1 unspecified atom stereocenters. The zero-order valence-corrected chi connectivity index (χ0v) is 17.8. The summed E-state index contributed by atoms with van der Waals surface area (Å²) in [6.45, 7) is 1.75. The third-order valence-corrected chi connectivity index (χ3v) is 5.73. The van der Waals surface area contributed by atoms with E-state index in [0.717, 1.165) is 28.6 Å². The van der Waals surface area contributed by atoms with Crippen LogP contribution in [-0.4, -0.2) is 25.6 Å². The minimum absolute atomic E-state index is 0.0612. The summed E-state index contributed by atoms with van der Waals surface area (Å²) in [5, 5.41) is 8.51. The zero-order chi connectivity index (χ0) is 20.2. The summed E-state index contributed by atoms with van der Waals surface area (Å²) in [7, 11) is 1.63. The van der Waals surface area contributed by atoms with Crippen molar-refractivity contribution in [2.45, 2.75) is 25.6 Å². The molecule has 4 rings (SSSR count). The van der Waals surface area contributed by atoms with E-state index in [1.54, 1.807) is 7.11 Å². The summed E-state index contributed by atoms with van der Waals surface area (Å²) in [4.78, 5) is 11.7. The molecule has 2 N–H and O–H groups in total. The van der Waals surface area contributed by atoms with Crippen LogP contribution in [0.3, 0.4) is 0 Å². The third kappa shape index (κ3) is 4.38. The molecule has 0 aromatic heterocycles. The first-order valence-corrected chi connectivity index (χ1v) is 10.4. The number of ether oxygens (including phenoxy) is 2. The highest BCUT2D eigenvalue weighted by molar-refractivity contribution is 9.10. The third-order valence-electron chi connectivity index (χ3n) is 5.14. The van der Waals surface area contributed by atoms with E-state index in [4.69, 9.17) is 9.47 Å². The molecule has 1 fully saturated rings. The van der Waals surface area contributed by atoms with Crippen molar-refractivity contribution in [2.75, 3.05) is 13.7 Å². The summed E-state index contributed by atoms with van der Waals surface area (Å²) in [6, 6.07) is 18.3. The fraction of sp³-hybridized carbons (Fsp3) is 0.261. The lowest BCUT2D eigenvalue weighted by atomic mass is 10.1. The lowest BCUT2D eigenvalue weighted by Gasteiger charge is -2.16. The molecule has 1 aliphatic rings. The van der Waals surface area contributed by atoms with E-state index in [1.165, 1.54) is 10.8 Å². The van der Waals surface area contributed by atoms with E-state index in [2.05, 4.69) is 50.8 Å². The highest BCUT2D eigenvalue weighted by Gasteiger charge is 2.23. The summed E-state index contributed by atoms with van der Waals surface area (Å²) >= 11 is 3.62. The van der Waals surface area contributed by atoms with E-state index >= 15 is 0 Å². The Balaban J connectivity index is 1.50. The molecule has 150 valence electrons. The van der Waals surface area contributed by atoms with Gasteiger partial charge in [-0.2, -0.15) is 0 Å². The van der Waals surface area contributed by atoms with Gasteiger partial charge in [0.25, 0.3) is 0 Å². The van der Waals surface area contributed by atoms with E-state index < -0.39 is 0 Å². The van der Waals surface area contributed by atoms with E-state index in [1.807, 2.05) is 30.3 Å². The van der Waals surface area contributed by atoms with E-state index in [0.29, 0.717) is 24.7 Å². The van der Waals surface area contributed by atoms with E-state index in [-0.39, 0.29) is 11.9 Å². The van der Waals surface area contributed by atoms with Crippen molar-refractivity contribution in [2.24, 2.45) is 0 Å². The van der Waals surface area contributed by atoms with Gasteiger partial charge in [0.1, 0.15) is 6.61 Å². The summed E-state index contributed by atoms with van der Waals surface area (Å²) in [5.41, 5.74) is 2.14. The molecule has 1 aliphatic heterocycles. The Morgan fingerprint density at radius 3 is 2.79 bits per heavy atom. The van der Waals surface area contributed by atoms with Gasteiger partial charge in [-0.1, -0.05) is 42.5 Å². The molecule has 1 amide bonds. The molecule has 5 nitrogen and oxygen atoms in total. The average molecular weight is 455 g/mol. The second-order valence-electron chi connectivity index (χ2n) is 7.05. The number of carbonyl (C=O) groups is 1. The van der Waals surface area contributed by atoms with Crippen molar-refractivity contribution >= 4 is 32.6 Å². The number of benzene rings is 3. The Labute approximate surface area is 178 Å². The van der Waals surface area contributed by atoms with Gasteiger partial charge in [-0.15, -0.1) is 0 Å². The fourth-order valence-corrected chi connectivity index (χ4v) is 4.22. The Morgan fingerprint density at radius 1 is 1.17 bits per heavy atom. The molecule has 0 radical (unpaired) electrons. The number of fused-ring (bicyclic) bond motifs is 1. The smallest absolute Gasteiger partial charge is 0.237 e. The van der Waals surface area contributed by atoms with Gasteiger partial charge in [0.2, 0.25) is 5.91 Å². The molecule has 3 aromatic carbocycles. The molecule has 1 saturated heterocycles. The summed E-state index contributed by atoms with van der Waals surface area (Å²) in [6.07, 6.45) is 0.809. The van der Waals surface area contributed by atoms with Crippen LogP contribution in [0.15, 0.2) is 59.1 Å². The van der Waals surface area contributed by atoms with Crippen LogP contribution in [0, 0.1) is 0 Å². The molecule has 0 spiro atoms. The quantitative estimate of drug-likeness (QED) is 0.562. The maximum atomic E-state index is 11.7. The number of nitrogens with one attached hydrogen (secondary N) is 2. The molecule has 0 saturated carbocycles. The van der Waals surface area contributed by atoms with Crippen LogP contribution < -0.4 is 20.1 Å². The average Bonchev–Trinajstić information content (AvgIpc) is 3.15. The van der Waals surface area contributed by atoms with Gasteiger partial charge in [0.05, 0.1) is 17.6 Å². The van der Waals surface area contributed by atoms with E-state index in [9.17, 15) is 4.79 Å². The standard InChI is InChI=1S/C23H23BrN2O3/c1-28-21-12-15(13-26-20-9-10-25-23(20)27)11-19(24)22(21)29-14-17-7-4-6-16-5-2-3-8-18(16)17/h2-8,11-12,20,26H,9-10,13-14H2,1H3,(H,25,27). The molecule has 6 heteroatoms. The molecular weight excluding hydrogens is 432 g/mol. The summed E-state index contributed by atoms with van der Waals surface area (Å²) in [5.74, 6) is 1.39. The molecule has 0 bridgehead atoms. The van der Waals surface area contributed by atoms with Crippen molar-refractivity contribution in [1.29, 1.82) is 0 Å². The normalized spacial score (nSPS) is 16.1. The maximum Gasteiger partial charge on any atom is 0.237 e. The molecule has 3 aromatic rings. The van der Waals surface area contributed by atoms with Crippen molar-refractivity contribution in [3.63, 3.8) is 0 Å². The first-order valence-electron chi connectivity index (χ1n) is 9.62. The Bertz CT molecular complexity index is 1030. The number of rotatable bonds is 7. The molecule has 1 atom stereocenters. The van der Waals surface area contributed by atoms with Gasteiger partial charge in [0, 0.05) is 13.1 Å². The lowest BCUT2D eigenvalue weighted by Crippen LogP contribution is -2.35. The molecular formula is C23H23BrN2O3. The van der Waals surface area contributed by atoms with Crippen LogP contribution in [0.5, 0.6) is 11.5 Å². The fourth-order valence-electron chi connectivity index (χ4n) is 3.61. The first-order chi connectivity index (χ1) is 14.2. The Hall–Kier alpha value is -2.57. The van der Waals surface area contributed by atoms with Gasteiger partial charge >= 0.3 is 0 Å². The van der Waals surface area contributed by atoms with Crippen LogP contribution in [-0.2, 0) is 17.9 Å². The molecule has 29 heavy (non-hydrogen) atoms. The van der Waals surface area contributed by atoms with Gasteiger partial charge in [-0.3, -0.25) is 4.79 Å². The van der Waals surface area contributed by atoms with Gasteiger partial charge in [-0.05, 0) is 56.4 Å². The largest absolute Gasteiger partial charge is 0.493 e. The zero-order valence-electron chi connectivity index (χ0n) is 16.2. The maximum absolute atomic E-state index is 11.7. The van der Waals surface area contributed by atoms with Crippen molar-refractivity contribution in [3.05, 3.63) is 70.2 Å². The topological polar surface area (TPSA) is 59.6 Å². The van der Waals surface area contributed by atoms with Crippen LogP contribution in [0.2, 0.25) is 0 Å². The number of methoxy groups -OCH3 is 1. The van der Waals surface area contributed by atoms with Gasteiger partial charge < -0.3 is 20.1 Å². The van der Waals surface area contributed by atoms with Crippen LogP contribution >= 0.6 is 15.9 Å². The van der Waals surface area contributed by atoms with Gasteiger partial charge in [0.15, 0.2) is 11.5 Å².